The van der Waals surface area contributed by atoms with E-state index in [1.54, 1.807) is 13.3 Å². The van der Waals surface area contributed by atoms with E-state index in [-0.39, 0.29) is 0 Å². The predicted molar refractivity (Wildman–Crippen MR) is 90.3 cm³/mol. The molecule has 2 saturated heterocycles. The second kappa shape index (κ2) is 6.02. The molecule has 2 atom stereocenters. The van der Waals surface area contributed by atoms with Gasteiger partial charge >= 0.3 is 6.01 Å². The summed E-state index contributed by atoms with van der Waals surface area (Å²) in [5.74, 6) is 0.477. The van der Waals surface area contributed by atoms with Crippen LogP contribution in [0.5, 0.6) is 11.9 Å². The lowest BCUT2D eigenvalue weighted by Crippen LogP contribution is -2.36. The number of hydrogen-bond acceptors (Lipinski definition) is 6. The monoisotopic (exact) mass is 326 g/mol. The molecular weight excluding hydrogens is 304 g/mol. The molecule has 2 aliphatic rings. The summed E-state index contributed by atoms with van der Waals surface area (Å²) in [6.45, 7) is 3.62. The van der Waals surface area contributed by atoms with Crippen LogP contribution in [-0.4, -0.2) is 53.7 Å². The number of fused-ring (bicyclic) bond motifs is 2. The Morgan fingerprint density at radius 3 is 2.71 bits per heavy atom. The first-order chi connectivity index (χ1) is 11.7. The van der Waals surface area contributed by atoms with Gasteiger partial charge in [-0.15, -0.1) is 0 Å². The van der Waals surface area contributed by atoms with Crippen LogP contribution < -0.4 is 9.47 Å². The molecule has 2 aromatic rings. The van der Waals surface area contributed by atoms with Crippen molar-refractivity contribution in [2.24, 2.45) is 0 Å². The third kappa shape index (κ3) is 2.51. The van der Waals surface area contributed by atoms with E-state index in [1.807, 2.05) is 6.20 Å². The highest BCUT2D eigenvalue weighted by Crippen LogP contribution is 2.42. The number of piperidine rings is 1. The molecule has 2 fully saturated rings. The molecule has 0 radical (unpaired) electrons. The molecule has 4 rings (SSSR count). The van der Waals surface area contributed by atoms with E-state index in [9.17, 15) is 0 Å². The van der Waals surface area contributed by atoms with Crippen molar-refractivity contribution in [1.29, 1.82) is 0 Å². The Kier molecular flexibility index (Phi) is 3.84. The summed E-state index contributed by atoms with van der Waals surface area (Å²) in [4.78, 5) is 15.7. The van der Waals surface area contributed by atoms with Crippen LogP contribution in [0.15, 0.2) is 24.5 Å². The zero-order chi connectivity index (χ0) is 16.6. The molecule has 2 aromatic heterocycles. The van der Waals surface area contributed by atoms with Crippen LogP contribution >= 0.6 is 0 Å². The minimum Gasteiger partial charge on any atom is -0.480 e. The van der Waals surface area contributed by atoms with Crippen LogP contribution in [0.3, 0.4) is 0 Å². The molecule has 126 valence electrons. The molecule has 0 aliphatic carbocycles. The average Bonchev–Trinajstić information content (AvgIpc) is 2.96. The van der Waals surface area contributed by atoms with Gasteiger partial charge in [0.1, 0.15) is 0 Å². The topological polar surface area (TPSA) is 60.4 Å². The molecule has 0 saturated carbocycles. The van der Waals surface area contributed by atoms with Crippen molar-refractivity contribution in [1.82, 2.24) is 19.9 Å². The van der Waals surface area contributed by atoms with Gasteiger partial charge in [0.2, 0.25) is 5.88 Å². The largest absolute Gasteiger partial charge is 0.480 e. The second-order valence-electron chi connectivity index (χ2n) is 6.62. The second-order valence-corrected chi connectivity index (χ2v) is 6.62. The van der Waals surface area contributed by atoms with Gasteiger partial charge in [0, 0.05) is 24.4 Å². The Bertz CT molecular complexity index is 730. The Balaban J connectivity index is 1.65. The zero-order valence-corrected chi connectivity index (χ0v) is 14.2. The Morgan fingerprint density at radius 1 is 1.04 bits per heavy atom. The highest BCUT2D eigenvalue weighted by molar-refractivity contribution is 5.64. The number of rotatable bonds is 4. The van der Waals surface area contributed by atoms with E-state index in [4.69, 9.17) is 9.47 Å². The Morgan fingerprint density at radius 2 is 1.96 bits per heavy atom. The van der Waals surface area contributed by atoms with Gasteiger partial charge in [0.15, 0.2) is 0 Å². The van der Waals surface area contributed by atoms with E-state index in [0.717, 1.165) is 11.3 Å². The normalized spacial score (nSPS) is 25.5. The SMILES string of the molecule is COc1ncc(-c2ccc(C34CCCN(CC3)C4)cn2)c(OC)n1. The molecule has 0 amide bonds. The maximum absolute atomic E-state index is 5.36. The fourth-order valence-corrected chi connectivity index (χ4v) is 4.02. The fourth-order valence-electron chi connectivity index (χ4n) is 4.02. The van der Waals surface area contributed by atoms with Crippen LogP contribution in [0.1, 0.15) is 24.8 Å². The van der Waals surface area contributed by atoms with Crippen molar-refractivity contribution in [2.45, 2.75) is 24.7 Å². The predicted octanol–water partition coefficient (Wildman–Crippen LogP) is 2.29. The summed E-state index contributed by atoms with van der Waals surface area (Å²) in [5, 5.41) is 0. The molecule has 2 bridgehead atoms. The van der Waals surface area contributed by atoms with Crippen molar-refractivity contribution in [3.05, 3.63) is 30.1 Å². The van der Waals surface area contributed by atoms with Crippen molar-refractivity contribution in [2.75, 3.05) is 33.9 Å². The number of methoxy groups -OCH3 is 2. The first-order valence-corrected chi connectivity index (χ1v) is 8.38. The van der Waals surface area contributed by atoms with Gasteiger partial charge < -0.3 is 14.4 Å². The van der Waals surface area contributed by atoms with Crippen molar-refractivity contribution in [3.63, 3.8) is 0 Å². The highest BCUT2D eigenvalue weighted by Gasteiger charge is 2.42. The molecule has 24 heavy (non-hydrogen) atoms. The van der Waals surface area contributed by atoms with Crippen LogP contribution in [0.4, 0.5) is 0 Å². The van der Waals surface area contributed by atoms with E-state index in [1.165, 1.54) is 51.6 Å². The summed E-state index contributed by atoms with van der Waals surface area (Å²) in [5.41, 5.74) is 3.24. The summed E-state index contributed by atoms with van der Waals surface area (Å²) < 4.78 is 10.4. The lowest BCUT2D eigenvalue weighted by Gasteiger charge is -2.34. The molecular formula is C18H22N4O2. The standard InChI is InChI=1S/C18H22N4O2/c1-23-16-14(11-20-17(21-16)24-2)15-5-4-13(10-19-15)18-6-3-8-22(12-18)9-7-18/h4-5,10-11H,3,6-9,12H2,1-2H3. The smallest absolute Gasteiger partial charge is 0.319 e. The third-order valence-electron chi connectivity index (χ3n) is 5.32. The minimum atomic E-state index is 0.291. The molecule has 2 unspecified atom stereocenters. The van der Waals surface area contributed by atoms with Gasteiger partial charge in [-0.1, -0.05) is 6.07 Å². The number of hydrogen-bond donors (Lipinski definition) is 0. The quantitative estimate of drug-likeness (QED) is 0.859. The van der Waals surface area contributed by atoms with Crippen LogP contribution in [0.2, 0.25) is 0 Å². The molecule has 6 heteroatoms. The van der Waals surface area contributed by atoms with Crippen molar-refractivity contribution >= 4 is 0 Å². The number of nitrogens with zero attached hydrogens (tertiary/aromatic N) is 4. The van der Waals surface area contributed by atoms with Crippen molar-refractivity contribution < 1.29 is 9.47 Å². The van der Waals surface area contributed by atoms with Crippen LogP contribution in [-0.2, 0) is 5.41 Å². The summed E-state index contributed by atoms with van der Waals surface area (Å²) in [6.07, 6.45) is 7.50. The molecule has 0 spiro atoms. The number of pyridine rings is 1. The van der Waals surface area contributed by atoms with Gasteiger partial charge in [-0.05, 0) is 44.0 Å². The lowest BCUT2D eigenvalue weighted by molar-refractivity contribution is 0.243. The van der Waals surface area contributed by atoms with E-state index in [0.29, 0.717) is 17.3 Å². The molecule has 2 aliphatic heterocycles. The van der Waals surface area contributed by atoms with Crippen LogP contribution in [0.25, 0.3) is 11.3 Å². The van der Waals surface area contributed by atoms with Gasteiger partial charge in [0.25, 0.3) is 0 Å². The lowest BCUT2D eigenvalue weighted by atomic mass is 9.75. The third-order valence-corrected chi connectivity index (χ3v) is 5.32. The Hall–Kier alpha value is -2.21. The molecule has 0 N–H and O–H groups in total. The van der Waals surface area contributed by atoms with E-state index >= 15 is 0 Å². The number of ether oxygens (including phenoxy) is 2. The summed E-state index contributed by atoms with van der Waals surface area (Å²) in [6, 6.07) is 4.55. The maximum atomic E-state index is 5.36. The molecule has 6 nitrogen and oxygen atoms in total. The van der Waals surface area contributed by atoms with Crippen molar-refractivity contribution in [3.8, 4) is 23.1 Å². The molecule has 4 heterocycles. The van der Waals surface area contributed by atoms with E-state index in [2.05, 4.69) is 32.0 Å². The number of aromatic nitrogens is 3. The first-order valence-electron chi connectivity index (χ1n) is 8.38. The highest BCUT2D eigenvalue weighted by atomic mass is 16.5. The first kappa shape index (κ1) is 15.3. The zero-order valence-electron chi connectivity index (χ0n) is 14.2. The maximum Gasteiger partial charge on any atom is 0.319 e. The summed E-state index contributed by atoms with van der Waals surface area (Å²) >= 11 is 0. The van der Waals surface area contributed by atoms with Gasteiger partial charge in [-0.2, -0.15) is 4.98 Å². The average molecular weight is 326 g/mol. The fraction of sp³-hybridized carbons (Fsp3) is 0.500. The van der Waals surface area contributed by atoms with Gasteiger partial charge in [0.05, 0.1) is 25.5 Å². The van der Waals surface area contributed by atoms with E-state index < -0.39 is 0 Å². The van der Waals surface area contributed by atoms with Gasteiger partial charge in [-0.3, -0.25) is 4.98 Å². The molecule has 0 aromatic carbocycles. The van der Waals surface area contributed by atoms with Gasteiger partial charge in [-0.25, -0.2) is 4.98 Å². The Labute approximate surface area is 141 Å². The minimum absolute atomic E-state index is 0.291. The summed E-state index contributed by atoms with van der Waals surface area (Å²) in [7, 11) is 3.13. The van der Waals surface area contributed by atoms with Crippen LogP contribution in [0, 0.1) is 0 Å².